The fourth-order valence-corrected chi connectivity index (χ4v) is 4.39. The maximum Gasteiger partial charge on any atom is 0.240 e. The lowest BCUT2D eigenvalue weighted by atomic mass is 10.2. The van der Waals surface area contributed by atoms with E-state index in [1.165, 1.54) is 5.56 Å². The van der Waals surface area contributed by atoms with Crippen molar-refractivity contribution in [1.82, 2.24) is 4.72 Å². The number of aryl methyl sites for hydroxylation is 2. The topological polar surface area (TPSA) is 46.2 Å². The summed E-state index contributed by atoms with van der Waals surface area (Å²) in [5.41, 5.74) is 2.98. The zero-order valence-corrected chi connectivity index (χ0v) is 14.5. The lowest BCUT2D eigenvalue weighted by Gasteiger charge is -2.10. The zero-order valence-electron chi connectivity index (χ0n) is 12.9. The number of rotatable bonds is 7. The van der Waals surface area contributed by atoms with E-state index in [1.807, 2.05) is 44.2 Å². The summed E-state index contributed by atoms with van der Waals surface area (Å²) in [5.74, 6) is 1.64. The summed E-state index contributed by atoms with van der Waals surface area (Å²) >= 11 is 1.72. The summed E-state index contributed by atoms with van der Waals surface area (Å²) < 4.78 is 27.3. The lowest BCUT2D eigenvalue weighted by molar-refractivity contribution is 0.583. The Morgan fingerprint density at radius 3 is 2.50 bits per heavy atom. The van der Waals surface area contributed by atoms with Crippen LogP contribution in [0.1, 0.15) is 16.7 Å². The van der Waals surface area contributed by atoms with E-state index in [0.717, 1.165) is 22.6 Å². The van der Waals surface area contributed by atoms with Crippen LogP contribution in [0.2, 0.25) is 0 Å². The molecule has 2 rings (SSSR count). The van der Waals surface area contributed by atoms with E-state index in [4.69, 9.17) is 0 Å². The summed E-state index contributed by atoms with van der Waals surface area (Å²) in [6.45, 7) is 4.15. The van der Waals surface area contributed by atoms with Gasteiger partial charge in [0.25, 0.3) is 0 Å². The van der Waals surface area contributed by atoms with E-state index >= 15 is 0 Å². The van der Waals surface area contributed by atoms with Crippen molar-refractivity contribution < 1.29 is 8.42 Å². The van der Waals surface area contributed by atoms with Gasteiger partial charge in [0.2, 0.25) is 10.0 Å². The second-order valence-electron chi connectivity index (χ2n) is 5.20. The summed E-state index contributed by atoms with van der Waals surface area (Å²) in [5, 5.41) is 0. The maximum absolute atomic E-state index is 12.3. The number of hydrogen-bond donors (Lipinski definition) is 1. The molecule has 118 valence electrons. The van der Waals surface area contributed by atoms with Gasteiger partial charge in [0.05, 0.1) is 4.90 Å². The monoisotopic (exact) mass is 335 g/mol. The van der Waals surface area contributed by atoms with E-state index in [-0.39, 0.29) is 0 Å². The third-order valence-electron chi connectivity index (χ3n) is 3.28. The van der Waals surface area contributed by atoms with Gasteiger partial charge in [-0.05, 0) is 36.6 Å². The molecule has 5 heteroatoms. The molecule has 0 fully saturated rings. The van der Waals surface area contributed by atoms with Crippen molar-refractivity contribution in [3.63, 3.8) is 0 Å². The van der Waals surface area contributed by atoms with Crippen LogP contribution >= 0.6 is 11.8 Å². The molecule has 0 aliphatic heterocycles. The first-order valence-corrected chi connectivity index (χ1v) is 9.81. The molecular formula is C17H21NO2S2. The fourth-order valence-electron chi connectivity index (χ4n) is 2.09. The summed E-state index contributed by atoms with van der Waals surface area (Å²) in [6, 6.07) is 15.7. The smallest absolute Gasteiger partial charge is 0.210 e. The highest BCUT2D eigenvalue weighted by Crippen LogP contribution is 2.17. The normalized spacial score (nSPS) is 11.5. The third kappa shape index (κ3) is 4.87. The fraction of sp³-hybridized carbons (Fsp3) is 0.294. The van der Waals surface area contributed by atoms with Crippen molar-refractivity contribution in [2.75, 3.05) is 12.3 Å². The first-order valence-electron chi connectivity index (χ1n) is 7.17. The molecule has 0 saturated heterocycles. The molecule has 0 spiro atoms. The van der Waals surface area contributed by atoms with Crippen molar-refractivity contribution in [2.24, 2.45) is 0 Å². The van der Waals surface area contributed by atoms with Crippen molar-refractivity contribution in [3.8, 4) is 0 Å². The molecule has 2 aromatic carbocycles. The average molecular weight is 335 g/mol. The Hall–Kier alpha value is -1.30. The molecule has 1 N–H and O–H groups in total. The summed E-state index contributed by atoms with van der Waals surface area (Å²) in [4.78, 5) is 0.376. The number of benzene rings is 2. The molecule has 0 aliphatic rings. The molecule has 0 aliphatic carbocycles. The number of nitrogens with one attached hydrogen (secondary N) is 1. The van der Waals surface area contributed by atoms with Gasteiger partial charge in [-0.2, -0.15) is 11.8 Å². The average Bonchev–Trinajstić information content (AvgIpc) is 2.50. The molecule has 22 heavy (non-hydrogen) atoms. The van der Waals surface area contributed by atoms with E-state index < -0.39 is 10.0 Å². The van der Waals surface area contributed by atoms with Gasteiger partial charge >= 0.3 is 0 Å². The molecule has 0 saturated carbocycles. The molecule has 0 atom stereocenters. The Labute approximate surface area is 137 Å². The first kappa shape index (κ1) is 17.1. The summed E-state index contributed by atoms with van der Waals surface area (Å²) in [7, 11) is -3.42. The molecule has 3 nitrogen and oxygen atoms in total. The predicted octanol–water partition coefficient (Wildman–Crippen LogP) is 3.52. The Morgan fingerprint density at radius 2 is 1.77 bits per heavy atom. The highest BCUT2D eigenvalue weighted by atomic mass is 32.2. The van der Waals surface area contributed by atoms with E-state index in [9.17, 15) is 8.42 Å². The zero-order chi connectivity index (χ0) is 16.0. The molecule has 0 aromatic heterocycles. The van der Waals surface area contributed by atoms with E-state index in [0.29, 0.717) is 11.4 Å². The van der Waals surface area contributed by atoms with Crippen molar-refractivity contribution >= 4 is 21.8 Å². The van der Waals surface area contributed by atoms with Gasteiger partial charge < -0.3 is 0 Å². The van der Waals surface area contributed by atoms with Crippen LogP contribution in [0.4, 0.5) is 0 Å². The Bertz CT molecular complexity index is 713. The van der Waals surface area contributed by atoms with Crippen LogP contribution in [-0.4, -0.2) is 20.7 Å². The molecule has 0 amide bonds. The standard InChI is InChI=1S/C17H21NO2S2/c1-14-8-9-15(2)17(12-14)22(19,20)18-10-11-21-13-16-6-4-3-5-7-16/h3-9,12,18H,10-11,13H2,1-2H3. The van der Waals surface area contributed by atoms with Crippen LogP contribution in [0.5, 0.6) is 0 Å². The SMILES string of the molecule is Cc1ccc(C)c(S(=O)(=O)NCCSCc2ccccc2)c1. The van der Waals surface area contributed by atoms with Gasteiger partial charge in [-0.3, -0.25) is 0 Å². The maximum atomic E-state index is 12.3. The number of thioether (sulfide) groups is 1. The van der Waals surface area contributed by atoms with E-state index in [1.54, 1.807) is 17.8 Å². The largest absolute Gasteiger partial charge is 0.240 e. The Morgan fingerprint density at radius 1 is 1.05 bits per heavy atom. The number of sulfonamides is 1. The quantitative estimate of drug-likeness (QED) is 0.788. The molecule has 0 bridgehead atoms. The van der Waals surface area contributed by atoms with Crippen molar-refractivity contribution in [2.45, 2.75) is 24.5 Å². The first-order chi connectivity index (χ1) is 10.5. The van der Waals surface area contributed by atoms with Crippen LogP contribution < -0.4 is 4.72 Å². The third-order valence-corrected chi connectivity index (χ3v) is 5.92. The minimum atomic E-state index is -3.42. The second kappa shape index (κ2) is 7.81. The van der Waals surface area contributed by atoms with Gasteiger partial charge in [0.1, 0.15) is 0 Å². The van der Waals surface area contributed by atoms with Crippen LogP contribution in [0.15, 0.2) is 53.4 Å². The second-order valence-corrected chi connectivity index (χ2v) is 8.05. The molecule has 0 radical (unpaired) electrons. The Kier molecular flexibility index (Phi) is 6.06. The van der Waals surface area contributed by atoms with Gasteiger partial charge in [0, 0.05) is 18.1 Å². The molecular weight excluding hydrogens is 314 g/mol. The highest BCUT2D eigenvalue weighted by Gasteiger charge is 2.16. The lowest BCUT2D eigenvalue weighted by Crippen LogP contribution is -2.26. The highest BCUT2D eigenvalue weighted by molar-refractivity contribution is 7.98. The summed E-state index contributed by atoms with van der Waals surface area (Å²) in [6.07, 6.45) is 0. The van der Waals surface area contributed by atoms with Gasteiger partial charge in [0.15, 0.2) is 0 Å². The predicted molar refractivity (Wildman–Crippen MR) is 93.7 cm³/mol. The van der Waals surface area contributed by atoms with Crippen LogP contribution in [0.25, 0.3) is 0 Å². The minimum absolute atomic E-state index is 0.376. The van der Waals surface area contributed by atoms with E-state index in [2.05, 4.69) is 16.9 Å². The number of hydrogen-bond acceptors (Lipinski definition) is 3. The molecule has 2 aromatic rings. The molecule has 0 heterocycles. The van der Waals surface area contributed by atoms with Gasteiger partial charge in [-0.1, -0.05) is 42.5 Å². The van der Waals surface area contributed by atoms with Crippen LogP contribution in [-0.2, 0) is 15.8 Å². The van der Waals surface area contributed by atoms with Crippen LogP contribution in [0.3, 0.4) is 0 Å². The van der Waals surface area contributed by atoms with Gasteiger partial charge in [-0.25, -0.2) is 13.1 Å². The van der Waals surface area contributed by atoms with Crippen molar-refractivity contribution in [3.05, 3.63) is 65.2 Å². The van der Waals surface area contributed by atoms with Gasteiger partial charge in [-0.15, -0.1) is 0 Å². The Balaban J connectivity index is 1.84. The molecule has 0 unspecified atom stereocenters. The van der Waals surface area contributed by atoms with Crippen molar-refractivity contribution in [1.29, 1.82) is 0 Å². The van der Waals surface area contributed by atoms with Crippen LogP contribution in [0, 0.1) is 13.8 Å². The minimum Gasteiger partial charge on any atom is -0.210 e.